The fourth-order valence-electron chi connectivity index (χ4n) is 3.78. The first-order valence-electron chi connectivity index (χ1n) is 9.83. The molecular weight excluding hydrogens is 381 g/mol. The lowest BCUT2D eigenvalue weighted by atomic mass is 10.1. The molecule has 1 aliphatic rings. The van der Waals surface area contributed by atoms with Crippen molar-refractivity contribution in [2.45, 2.75) is 19.9 Å². The van der Waals surface area contributed by atoms with Gasteiger partial charge in [0, 0.05) is 62.2 Å². The Bertz CT molecular complexity index is 1320. The van der Waals surface area contributed by atoms with E-state index in [0.29, 0.717) is 28.3 Å². The van der Waals surface area contributed by atoms with Crippen molar-refractivity contribution in [3.05, 3.63) is 59.7 Å². The average Bonchev–Trinajstić information content (AvgIpc) is 3.13. The van der Waals surface area contributed by atoms with Gasteiger partial charge in [-0.25, -0.2) is 19.3 Å². The number of fused-ring (bicyclic) bond motifs is 2. The summed E-state index contributed by atoms with van der Waals surface area (Å²) >= 11 is 0. The van der Waals surface area contributed by atoms with Crippen LogP contribution < -0.4 is 10.2 Å². The van der Waals surface area contributed by atoms with E-state index < -0.39 is 5.82 Å². The van der Waals surface area contributed by atoms with Crippen molar-refractivity contribution in [3.63, 3.8) is 0 Å². The Kier molecular flexibility index (Phi) is 4.52. The van der Waals surface area contributed by atoms with E-state index in [9.17, 15) is 4.39 Å². The van der Waals surface area contributed by atoms with Crippen LogP contribution in [0.4, 0.5) is 10.2 Å². The predicted octanol–water partition coefficient (Wildman–Crippen LogP) is 2.32. The molecule has 0 aromatic carbocycles. The van der Waals surface area contributed by atoms with E-state index in [1.807, 2.05) is 6.92 Å². The van der Waals surface area contributed by atoms with E-state index in [1.165, 1.54) is 6.07 Å². The lowest BCUT2D eigenvalue weighted by molar-refractivity contribution is 0.483. The summed E-state index contributed by atoms with van der Waals surface area (Å²) in [5, 5.41) is 3.43. The summed E-state index contributed by atoms with van der Waals surface area (Å²) in [6, 6.07) is 1.77. The predicted molar refractivity (Wildman–Crippen MR) is 113 cm³/mol. The summed E-state index contributed by atoms with van der Waals surface area (Å²) < 4.78 is 16.0. The number of piperazine rings is 1. The van der Waals surface area contributed by atoms with Crippen molar-refractivity contribution >= 4 is 22.5 Å². The van der Waals surface area contributed by atoms with Gasteiger partial charge in [0.1, 0.15) is 11.0 Å². The van der Waals surface area contributed by atoms with E-state index in [0.717, 1.165) is 36.7 Å². The summed E-state index contributed by atoms with van der Waals surface area (Å²) in [5.41, 5.74) is 3.68. The van der Waals surface area contributed by atoms with Gasteiger partial charge in [-0.15, -0.1) is 0 Å². The fourth-order valence-corrected chi connectivity index (χ4v) is 3.78. The molecule has 30 heavy (non-hydrogen) atoms. The third kappa shape index (κ3) is 3.33. The first-order valence-corrected chi connectivity index (χ1v) is 9.83. The van der Waals surface area contributed by atoms with Crippen LogP contribution in [0.5, 0.6) is 0 Å². The highest BCUT2D eigenvalue weighted by Gasteiger charge is 2.20. The molecule has 0 saturated carbocycles. The highest BCUT2D eigenvalue weighted by Crippen LogP contribution is 2.24. The SMILES string of the molecule is Cc1cn2cc(C#Cc3cnc(N4CCNC(C)C4)c4nccnc34)cc(F)c2n1. The quantitative estimate of drug-likeness (QED) is 0.494. The lowest BCUT2D eigenvalue weighted by Gasteiger charge is -2.33. The Morgan fingerprint density at radius 1 is 1.13 bits per heavy atom. The van der Waals surface area contributed by atoms with Crippen LogP contribution in [0.1, 0.15) is 23.7 Å². The molecule has 0 aliphatic carbocycles. The van der Waals surface area contributed by atoms with Crippen molar-refractivity contribution in [2.24, 2.45) is 0 Å². The van der Waals surface area contributed by atoms with Crippen molar-refractivity contribution in [1.82, 2.24) is 29.7 Å². The van der Waals surface area contributed by atoms with Crippen molar-refractivity contribution < 1.29 is 4.39 Å². The monoisotopic (exact) mass is 401 g/mol. The fraction of sp³-hybridized carbons (Fsp3) is 0.273. The number of nitrogens with one attached hydrogen (secondary N) is 1. The Hall–Kier alpha value is -3.57. The van der Waals surface area contributed by atoms with Crippen LogP contribution in [0.15, 0.2) is 37.1 Å². The number of halogens is 1. The molecule has 1 unspecified atom stereocenters. The molecule has 4 aromatic heterocycles. The maximum Gasteiger partial charge on any atom is 0.173 e. The number of nitrogens with zero attached hydrogens (tertiary/aromatic N) is 6. The normalized spacial score (nSPS) is 16.6. The summed E-state index contributed by atoms with van der Waals surface area (Å²) in [7, 11) is 0. The molecule has 0 bridgehead atoms. The van der Waals surface area contributed by atoms with Gasteiger partial charge in [-0.05, 0) is 19.9 Å². The minimum atomic E-state index is -0.402. The number of aromatic nitrogens is 5. The maximum atomic E-state index is 14.3. The highest BCUT2D eigenvalue weighted by molar-refractivity contribution is 5.89. The minimum absolute atomic E-state index is 0.297. The van der Waals surface area contributed by atoms with Gasteiger partial charge >= 0.3 is 0 Å². The smallest absolute Gasteiger partial charge is 0.173 e. The lowest BCUT2D eigenvalue weighted by Crippen LogP contribution is -2.49. The Morgan fingerprint density at radius 3 is 2.80 bits per heavy atom. The summed E-state index contributed by atoms with van der Waals surface area (Å²) in [6.07, 6.45) is 8.58. The van der Waals surface area contributed by atoms with Gasteiger partial charge in [0.15, 0.2) is 17.3 Å². The van der Waals surface area contributed by atoms with Crippen molar-refractivity contribution in [3.8, 4) is 11.8 Å². The van der Waals surface area contributed by atoms with E-state index >= 15 is 0 Å². The first kappa shape index (κ1) is 18.5. The van der Waals surface area contributed by atoms with Crippen LogP contribution in [0.2, 0.25) is 0 Å². The molecule has 5 rings (SSSR count). The van der Waals surface area contributed by atoms with Gasteiger partial charge in [0.05, 0.1) is 11.3 Å². The van der Waals surface area contributed by atoms with Gasteiger partial charge in [-0.2, -0.15) is 0 Å². The molecule has 1 atom stereocenters. The van der Waals surface area contributed by atoms with Crippen LogP contribution >= 0.6 is 0 Å². The number of pyridine rings is 2. The largest absolute Gasteiger partial charge is 0.352 e. The Balaban J connectivity index is 1.56. The second-order valence-corrected chi connectivity index (χ2v) is 7.49. The molecule has 1 saturated heterocycles. The van der Waals surface area contributed by atoms with Crippen LogP contribution in [0.3, 0.4) is 0 Å². The molecule has 1 aliphatic heterocycles. The van der Waals surface area contributed by atoms with Gasteiger partial charge < -0.3 is 14.6 Å². The molecule has 7 nitrogen and oxygen atoms in total. The maximum absolute atomic E-state index is 14.3. The highest BCUT2D eigenvalue weighted by atomic mass is 19.1. The molecular formula is C22H20FN7. The third-order valence-electron chi connectivity index (χ3n) is 5.12. The topological polar surface area (TPSA) is 71.2 Å². The standard InChI is InChI=1S/C22H20FN7/c1-14-11-29(8-7-24-14)22-20-19(25-5-6-26-20)17(10-27-22)4-3-16-9-18(23)21-28-15(2)12-30(21)13-16/h5-6,9-10,12-14,24H,7-8,11H2,1-2H3. The molecule has 0 radical (unpaired) electrons. The molecule has 4 aromatic rings. The molecule has 150 valence electrons. The van der Waals surface area contributed by atoms with Crippen LogP contribution in [0.25, 0.3) is 16.7 Å². The number of imidazole rings is 1. The number of aryl methyl sites for hydroxylation is 1. The third-order valence-corrected chi connectivity index (χ3v) is 5.12. The summed E-state index contributed by atoms with van der Waals surface area (Å²) in [4.78, 5) is 20.1. The average molecular weight is 401 g/mol. The van der Waals surface area contributed by atoms with Gasteiger partial charge in [0.25, 0.3) is 0 Å². The van der Waals surface area contributed by atoms with Gasteiger partial charge in [0.2, 0.25) is 0 Å². The van der Waals surface area contributed by atoms with Crippen molar-refractivity contribution in [1.29, 1.82) is 0 Å². The zero-order valence-electron chi connectivity index (χ0n) is 16.7. The number of hydrogen-bond acceptors (Lipinski definition) is 6. The summed E-state index contributed by atoms with van der Waals surface area (Å²) in [6.45, 7) is 6.59. The molecule has 0 spiro atoms. The van der Waals surface area contributed by atoms with E-state index in [2.05, 4.69) is 48.9 Å². The first-order chi connectivity index (χ1) is 14.6. The number of anilines is 1. The number of rotatable bonds is 1. The van der Waals surface area contributed by atoms with E-state index in [1.54, 1.807) is 35.4 Å². The van der Waals surface area contributed by atoms with E-state index in [-0.39, 0.29) is 0 Å². The van der Waals surface area contributed by atoms with E-state index in [4.69, 9.17) is 0 Å². The molecule has 5 heterocycles. The van der Waals surface area contributed by atoms with Crippen LogP contribution in [-0.2, 0) is 0 Å². The Morgan fingerprint density at radius 2 is 1.97 bits per heavy atom. The van der Waals surface area contributed by atoms with Gasteiger partial charge in [-0.1, -0.05) is 11.8 Å². The molecule has 0 amide bonds. The zero-order chi connectivity index (χ0) is 20.7. The number of hydrogen-bond donors (Lipinski definition) is 1. The van der Waals surface area contributed by atoms with Crippen molar-refractivity contribution in [2.75, 3.05) is 24.5 Å². The zero-order valence-corrected chi connectivity index (χ0v) is 16.7. The van der Waals surface area contributed by atoms with Crippen LogP contribution in [-0.4, -0.2) is 50.0 Å². The molecule has 8 heteroatoms. The minimum Gasteiger partial charge on any atom is -0.352 e. The molecule has 1 N–H and O–H groups in total. The molecule has 1 fully saturated rings. The second-order valence-electron chi connectivity index (χ2n) is 7.49. The summed E-state index contributed by atoms with van der Waals surface area (Å²) in [5.74, 6) is 6.54. The second kappa shape index (κ2) is 7.35. The Labute approximate surface area is 173 Å². The van der Waals surface area contributed by atoms with Gasteiger partial charge in [-0.3, -0.25) is 4.98 Å². The van der Waals surface area contributed by atoms with Crippen LogP contribution in [0, 0.1) is 24.6 Å².